The zero-order valence-corrected chi connectivity index (χ0v) is 13.8. The highest BCUT2D eigenvalue weighted by Crippen LogP contribution is 2.22. The molecule has 24 heavy (non-hydrogen) atoms. The first-order chi connectivity index (χ1) is 11.7. The minimum absolute atomic E-state index is 0.129. The van der Waals surface area contributed by atoms with Crippen LogP contribution in [0, 0.1) is 0 Å². The highest BCUT2D eigenvalue weighted by atomic mass is 35.5. The minimum atomic E-state index is -0.354. The molecule has 1 amide bonds. The van der Waals surface area contributed by atoms with Crippen molar-refractivity contribution in [2.45, 2.75) is 12.8 Å². The van der Waals surface area contributed by atoms with Crippen LogP contribution in [-0.2, 0) is 4.79 Å². The van der Waals surface area contributed by atoms with Crippen molar-refractivity contribution < 1.29 is 13.9 Å². The summed E-state index contributed by atoms with van der Waals surface area (Å²) in [7, 11) is 0. The van der Waals surface area contributed by atoms with Crippen molar-refractivity contribution in [2.75, 3.05) is 24.6 Å². The highest BCUT2D eigenvalue weighted by Gasteiger charge is 2.15. The van der Waals surface area contributed by atoms with E-state index < -0.39 is 0 Å². The molecule has 3 rings (SSSR count). The Bertz CT molecular complexity index is 706. The van der Waals surface area contributed by atoms with Gasteiger partial charge in [-0.3, -0.25) is 4.79 Å². The fourth-order valence-electron chi connectivity index (χ4n) is 2.40. The average molecular weight is 348 g/mol. The van der Waals surface area contributed by atoms with E-state index in [9.17, 15) is 4.79 Å². The predicted molar refractivity (Wildman–Crippen MR) is 92.8 cm³/mol. The largest absolute Gasteiger partial charge is 0.484 e. The Labute approximate surface area is 145 Å². The van der Waals surface area contributed by atoms with Crippen LogP contribution < -0.4 is 15.1 Å². The van der Waals surface area contributed by atoms with Crippen LogP contribution in [0.15, 0.2) is 45.9 Å². The zero-order valence-electron chi connectivity index (χ0n) is 13.1. The summed E-state index contributed by atoms with van der Waals surface area (Å²) in [4.78, 5) is 13.9. The number of nitrogens with one attached hydrogen (secondary N) is 1. The molecule has 0 bridgehead atoms. The van der Waals surface area contributed by atoms with Gasteiger partial charge in [0.25, 0.3) is 5.91 Å². The summed E-state index contributed by atoms with van der Waals surface area (Å²) in [5, 5.41) is 4.48. The van der Waals surface area contributed by atoms with Crippen molar-refractivity contribution in [3.63, 3.8) is 0 Å². The molecule has 6 nitrogen and oxygen atoms in total. The van der Waals surface area contributed by atoms with E-state index in [4.69, 9.17) is 20.8 Å². The molecule has 1 aliphatic rings. The number of nitrogens with zero attached hydrogens (tertiary/aromatic N) is 2. The van der Waals surface area contributed by atoms with E-state index in [1.807, 2.05) is 12.1 Å². The van der Waals surface area contributed by atoms with Crippen molar-refractivity contribution >= 4 is 29.6 Å². The lowest BCUT2D eigenvalue weighted by Crippen LogP contribution is -2.24. The summed E-state index contributed by atoms with van der Waals surface area (Å²) in [6, 6.07) is 10.5. The molecular formula is C17H18ClN3O3. The van der Waals surface area contributed by atoms with Gasteiger partial charge in [-0.2, -0.15) is 5.10 Å². The fraction of sp³-hybridized carbons (Fsp3) is 0.294. The van der Waals surface area contributed by atoms with Crippen molar-refractivity contribution in [1.29, 1.82) is 0 Å². The van der Waals surface area contributed by atoms with Gasteiger partial charge in [0, 0.05) is 24.2 Å². The third kappa shape index (κ3) is 4.52. The van der Waals surface area contributed by atoms with Gasteiger partial charge in [-0.05, 0) is 43.2 Å². The molecule has 126 valence electrons. The number of furan rings is 1. The van der Waals surface area contributed by atoms with Gasteiger partial charge in [-0.15, -0.1) is 0 Å². The Morgan fingerprint density at radius 1 is 1.25 bits per heavy atom. The van der Waals surface area contributed by atoms with Gasteiger partial charge in [0.1, 0.15) is 11.5 Å². The average Bonchev–Trinajstić information content (AvgIpc) is 3.25. The normalized spacial score (nSPS) is 14.3. The van der Waals surface area contributed by atoms with Gasteiger partial charge in [0.15, 0.2) is 12.5 Å². The second-order valence-corrected chi connectivity index (χ2v) is 5.84. The first-order valence-electron chi connectivity index (χ1n) is 7.76. The number of hydrazone groups is 1. The molecule has 1 N–H and O–H groups in total. The Hall–Kier alpha value is -2.47. The number of halogens is 1. The van der Waals surface area contributed by atoms with Gasteiger partial charge in [-0.25, -0.2) is 5.43 Å². The number of carbonyl (C=O) groups is 1. The summed E-state index contributed by atoms with van der Waals surface area (Å²) >= 11 is 5.78. The lowest BCUT2D eigenvalue weighted by molar-refractivity contribution is -0.123. The molecule has 0 radical (unpaired) electrons. The van der Waals surface area contributed by atoms with Crippen molar-refractivity contribution in [1.82, 2.24) is 5.43 Å². The third-order valence-corrected chi connectivity index (χ3v) is 3.85. The summed E-state index contributed by atoms with van der Waals surface area (Å²) in [6.45, 7) is 1.90. The summed E-state index contributed by atoms with van der Waals surface area (Å²) in [6.07, 6.45) is 3.85. The minimum Gasteiger partial charge on any atom is -0.484 e. The molecule has 7 heteroatoms. The molecular weight excluding hydrogens is 330 g/mol. The van der Waals surface area contributed by atoms with E-state index in [1.54, 1.807) is 24.3 Å². The molecule has 1 fully saturated rings. The van der Waals surface area contributed by atoms with E-state index in [2.05, 4.69) is 15.4 Å². The predicted octanol–water partition coefficient (Wildman–Crippen LogP) is 3.06. The highest BCUT2D eigenvalue weighted by molar-refractivity contribution is 6.30. The van der Waals surface area contributed by atoms with Crippen molar-refractivity contribution in [3.05, 3.63) is 47.2 Å². The number of benzene rings is 1. The summed E-state index contributed by atoms with van der Waals surface area (Å²) in [5.74, 6) is 1.65. The van der Waals surface area contributed by atoms with Crippen molar-refractivity contribution in [3.8, 4) is 5.75 Å². The van der Waals surface area contributed by atoms with E-state index >= 15 is 0 Å². The Morgan fingerprint density at radius 3 is 2.75 bits per heavy atom. The molecule has 0 atom stereocenters. The first-order valence-corrected chi connectivity index (χ1v) is 8.13. The smallest absolute Gasteiger partial charge is 0.277 e. The zero-order chi connectivity index (χ0) is 16.8. The van der Waals surface area contributed by atoms with Crippen LogP contribution in [0.4, 0.5) is 5.88 Å². The Morgan fingerprint density at radius 2 is 2.00 bits per heavy atom. The monoisotopic (exact) mass is 347 g/mol. The molecule has 1 aliphatic heterocycles. The number of hydrogen-bond acceptors (Lipinski definition) is 5. The van der Waals surface area contributed by atoms with E-state index in [1.165, 1.54) is 19.1 Å². The summed E-state index contributed by atoms with van der Waals surface area (Å²) in [5.41, 5.74) is 2.40. The maximum absolute atomic E-state index is 11.7. The molecule has 0 spiro atoms. The van der Waals surface area contributed by atoms with Gasteiger partial charge in [0.05, 0.1) is 6.21 Å². The molecule has 0 unspecified atom stereocenters. The van der Waals surface area contributed by atoms with Crippen LogP contribution in [-0.4, -0.2) is 31.8 Å². The number of hydrogen-bond donors (Lipinski definition) is 1. The number of anilines is 1. The maximum Gasteiger partial charge on any atom is 0.277 e. The second kappa shape index (κ2) is 7.88. The van der Waals surface area contributed by atoms with Crippen LogP contribution in [0.2, 0.25) is 5.02 Å². The summed E-state index contributed by atoms with van der Waals surface area (Å²) < 4.78 is 11.0. The molecule has 1 aromatic heterocycles. The number of amides is 1. The quantitative estimate of drug-likeness (QED) is 0.644. The van der Waals surface area contributed by atoms with E-state index in [0.29, 0.717) is 16.5 Å². The van der Waals surface area contributed by atoms with Crippen LogP contribution in [0.1, 0.15) is 18.6 Å². The van der Waals surface area contributed by atoms with Gasteiger partial charge in [0.2, 0.25) is 0 Å². The molecule has 0 aliphatic carbocycles. The number of carbonyl (C=O) groups excluding carboxylic acids is 1. The number of ether oxygens (including phenoxy) is 1. The topological polar surface area (TPSA) is 67.1 Å². The van der Waals surface area contributed by atoms with Crippen molar-refractivity contribution in [2.24, 2.45) is 5.10 Å². The van der Waals surface area contributed by atoms with E-state index in [0.717, 1.165) is 19.0 Å². The Kier molecular flexibility index (Phi) is 5.38. The first kappa shape index (κ1) is 16.4. The van der Waals surface area contributed by atoms with Crippen LogP contribution in [0.3, 0.4) is 0 Å². The lowest BCUT2D eigenvalue weighted by atomic mass is 10.3. The Balaban J connectivity index is 1.43. The fourth-order valence-corrected chi connectivity index (χ4v) is 2.52. The number of rotatable bonds is 6. The van der Waals surface area contributed by atoms with Gasteiger partial charge >= 0.3 is 0 Å². The molecule has 2 aromatic rings. The van der Waals surface area contributed by atoms with E-state index in [-0.39, 0.29) is 12.5 Å². The van der Waals surface area contributed by atoms with Gasteiger partial charge in [-0.1, -0.05) is 11.6 Å². The second-order valence-electron chi connectivity index (χ2n) is 5.41. The van der Waals surface area contributed by atoms with Crippen LogP contribution in [0.5, 0.6) is 5.75 Å². The molecule has 0 saturated carbocycles. The van der Waals surface area contributed by atoms with Crippen LogP contribution in [0.25, 0.3) is 0 Å². The third-order valence-electron chi connectivity index (χ3n) is 3.59. The molecule has 1 saturated heterocycles. The standard InChI is InChI=1S/C17H18ClN3O3/c18-13-3-5-14(6-4-13)23-12-16(22)20-19-11-15-7-8-17(24-15)21-9-1-2-10-21/h3-8,11H,1-2,9-10,12H2,(H,20,22)/b19-11-. The molecule has 1 aromatic carbocycles. The van der Waals surface area contributed by atoms with Crippen LogP contribution >= 0.6 is 11.6 Å². The lowest BCUT2D eigenvalue weighted by Gasteiger charge is -2.12. The maximum atomic E-state index is 11.7. The SMILES string of the molecule is O=C(COc1ccc(Cl)cc1)N/N=C\c1ccc(N2CCCC2)o1. The molecule has 2 heterocycles. The van der Waals surface area contributed by atoms with Gasteiger partial charge < -0.3 is 14.1 Å².